The summed E-state index contributed by atoms with van der Waals surface area (Å²) in [5, 5.41) is 0.649. The Morgan fingerprint density at radius 1 is 1.36 bits per heavy atom. The first-order valence-corrected chi connectivity index (χ1v) is 5.17. The maximum Gasteiger partial charge on any atom is 0.255 e. The molecule has 0 spiro atoms. The van der Waals surface area contributed by atoms with Gasteiger partial charge in [-0.25, -0.2) is 4.98 Å². The normalized spacial score (nSPS) is 10.6. The number of aromatic nitrogens is 1. The Morgan fingerprint density at radius 3 is 2.86 bits per heavy atom. The van der Waals surface area contributed by atoms with E-state index in [1.165, 1.54) is 11.8 Å². The highest BCUT2D eigenvalue weighted by Gasteiger charge is 2.03. The SMILES string of the molecule is NCc1ccc(CSc2ncco2)o1. The molecule has 2 heterocycles. The highest BCUT2D eigenvalue weighted by molar-refractivity contribution is 7.98. The molecule has 0 unspecified atom stereocenters. The predicted octanol–water partition coefficient (Wildman–Crippen LogP) is 2.02. The smallest absolute Gasteiger partial charge is 0.255 e. The summed E-state index contributed by atoms with van der Waals surface area (Å²) in [6.07, 6.45) is 3.17. The van der Waals surface area contributed by atoms with E-state index in [1.54, 1.807) is 12.5 Å². The molecular formula is C9H10N2O2S. The molecule has 2 aromatic heterocycles. The number of nitrogens with zero attached hydrogens (tertiary/aromatic N) is 1. The molecule has 0 fully saturated rings. The van der Waals surface area contributed by atoms with Crippen molar-refractivity contribution in [3.05, 3.63) is 36.1 Å². The van der Waals surface area contributed by atoms with Gasteiger partial charge in [0.15, 0.2) is 0 Å². The molecule has 2 rings (SSSR count). The number of thioether (sulfide) groups is 1. The number of nitrogens with two attached hydrogens (primary N) is 1. The zero-order valence-electron chi connectivity index (χ0n) is 7.47. The van der Waals surface area contributed by atoms with Gasteiger partial charge in [0.25, 0.3) is 5.22 Å². The molecule has 0 bridgehead atoms. The maximum absolute atomic E-state index is 5.42. The number of furan rings is 1. The number of hydrogen-bond donors (Lipinski definition) is 1. The Bertz CT molecular complexity index is 383. The molecule has 0 amide bonds. The predicted molar refractivity (Wildman–Crippen MR) is 52.7 cm³/mol. The third-order valence-corrected chi connectivity index (χ3v) is 2.54. The average molecular weight is 210 g/mol. The molecule has 0 saturated heterocycles. The summed E-state index contributed by atoms with van der Waals surface area (Å²) in [6, 6.07) is 3.80. The van der Waals surface area contributed by atoms with E-state index in [1.807, 2.05) is 12.1 Å². The first-order valence-electron chi connectivity index (χ1n) is 4.18. The number of rotatable bonds is 4. The minimum Gasteiger partial charge on any atom is -0.464 e. The van der Waals surface area contributed by atoms with Crippen LogP contribution in [0.25, 0.3) is 0 Å². The van der Waals surface area contributed by atoms with Crippen LogP contribution in [-0.4, -0.2) is 4.98 Å². The quantitative estimate of drug-likeness (QED) is 0.782. The van der Waals surface area contributed by atoms with E-state index in [4.69, 9.17) is 14.6 Å². The second kappa shape index (κ2) is 4.34. The lowest BCUT2D eigenvalue weighted by atomic mass is 10.4. The topological polar surface area (TPSA) is 65.2 Å². The van der Waals surface area contributed by atoms with Crippen LogP contribution < -0.4 is 5.73 Å². The van der Waals surface area contributed by atoms with Crippen molar-refractivity contribution in [3.8, 4) is 0 Å². The Morgan fingerprint density at radius 2 is 2.21 bits per heavy atom. The van der Waals surface area contributed by atoms with Gasteiger partial charge in [-0.15, -0.1) is 0 Å². The fourth-order valence-corrected chi connectivity index (χ4v) is 1.70. The van der Waals surface area contributed by atoms with Crippen molar-refractivity contribution in [3.63, 3.8) is 0 Å². The van der Waals surface area contributed by atoms with Crippen LogP contribution in [0.5, 0.6) is 0 Å². The van der Waals surface area contributed by atoms with E-state index in [0.29, 0.717) is 17.5 Å². The van der Waals surface area contributed by atoms with Gasteiger partial charge >= 0.3 is 0 Å². The van der Waals surface area contributed by atoms with Gasteiger partial charge < -0.3 is 14.6 Å². The Hall–Kier alpha value is -1.20. The lowest BCUT2D eigenvalue weighted by Gasteiger charge is -1.93. The molecular weight excluding hydrogens is 200 g/mol. The van der Waals surface area contributed by atoms with E-state index in [-0.39, 0.29) is 0 Å². The molecule has 2 N–H and O–H groups in total. The lowest BCUT2D eigenvalue weighted by Crippen LogP contribution is -1.92. The molecule has 0 aliphatic heterocycles. The van der Waals surface area contributed by atoms with Crippen LogP contribution in [0.3, 0.4) is 0 Å². The standard InChI is InChI=1S/C9H10N2O2S/c10-5-7-1-2-8(13-7)6-14-9-11-3-4-12-9/h1-4H,5-6,10H2. The van der Waals surface area contributed by atoms with Crippen LogP contribution in [0.4, 0.5) is 0 Å². The fraction of sp³-hybridized carbons (Fsp3) is 0.222. The van der Waals surface area contributed by atoms with Gasteiger partial charge in [-0.2, -0.15) is 0 Å². The summed E-state index contributed by atoms with van der Waals surface area (Å²) < 4.78 is 10.5. The Labute approximate surface area is 85.5 Å². The van der Waals surface area contributed by atoms with Crippen molar-refractivity contribution < 1.29 is 8.83 Å². The second-order valence-electron chi connectivity index (χ2n) is 2.66. The maximum atomic E-state index is 5.42. The summed E-state index contributed by atoms with van der Waals surface area (Å²) >= 11 is 1.49. The molecule has 0 radical (unpaired) electrons. The first kappa shape index (κ1) is 9.36. The van der Waals surface area contributed by atoms with E-state index < -0.39 is 0 Å². The van der Waals surface area contributed by atoms with Gasteiger partial charge in [-0.05, 0) is 12.1 Å². The van der Waals surface area contributed by atoms with Crippen molar-refractivity contribution in [2.45, 2.75) is 17.5 Å². The van der Waals surface area contributed by atoms with Crippen molar-refractivity contribution >= 4 is 11.8 Å². The van der Waals surface area contributed by atoms with Crippen molar-refractivity contribution in [1.29, 1.82) is 0 Å². The summed E-state index contributed by atoms with van der Waals surface area (Å²) in [5.74, 6) is 2.39. The van der Waals surface area contributed by atoms with Crippen LogP contribution in [0, 0.1) is 0 Å². The van der Waals surface area contributed by atoms with Crippen LogP contribution in [0.1, 0.15) is 11.5 Å². The third kappa shape index (κ3) is 2.18. The molecule has 0 aliphatic carbocycles. The van der Waals surface area contributed by atoms with Gasteiger partial charge in [-0.1, -0.05) is 11.8 Å². The zero-order chi connectivity index (χ0) is 9.80. The summed E-state index contributed by atoms with van der Waals surface area (Å²) in [7, 11) is 0. The monoisotopic (exact) mass is 210 g/mol. The van der Waals surface area contributed by atoms with E-state index in [2.05, 4.69) is 4.98 Å². The molecule has 0 aromatic carbocycles. The molecule has 74 valence electrons. The van der Waals surface area contributed by atoms with Crippen molar-refractivity contribution in [2.75, 3.05) is 0 Å². The van der Waals surface area contributed by atoms with Crippen molar-refractivity contribution in [2.24, 2.45) is 5.73 Å². The van der Waals surface area contributed by atoms with Crippen LogP contribution >= 0.6 is 11.8 Å². The van der Waals surface area contributed by atoms with Crippen LogP contribution in [0.2, 0.25) is 0 Å². The van der Waals surface area contributed by atoms with Gasteiger partial charge in [0, 0.05) is 0 Å². The van der Waals surface area contributed by atoms with Crippen molar-refractivity contribution in [1.82, 2.24) is 4.98 Å². The largest absolute Gasteiger partial charge is 0.464 e. The van der Waals surface area contributed by atoms with Gasteiger partial charge in [-0.3, -0.25) is 0 Å². The summed E-state index contributed by atoms with van der Waals surface area (Å²) in [5.41, 5.74) is 5.42. The van der Waals surface area contributed by atoms with Gasteiger partial charge in [0.2, 0.25) is 0 Å². The highest BCUT2D eigenvalue weighted by Crippen LogP contribution is 2.21. The molecule has 2 aromatic rings. The fourth-order valence-electron chi connectivity index (χ4n) is 1.02. The third-order valence-electron chi connectivity index (χ3n) is 1.67. The van der Waals surface area contributed by atoms with E-state index in [0.717, 1.165) is 11.5 Å². The van der Waals surface area contributed by atoms with Gasteiger partial charge in [0.1, 0.15) is 17.8 Å². The van der Waals surface area contributed by atoms with E-state index >= 15 is 0 Å². The molecule has 5 heteroatoms. The molecule has 0 saturated carbocycles. The minimum absolute atomic E-state index is 0.434. The first-order chi connectivity index (χ1) is 6.88. The molecule has 14 heavy (non-hydrogen) atoms. The number of hydrogen-bond acceptors (Lipinski definition) is 5. The zero-order valence-corrected chi connectivity index (χ0v) is 8.29. The lowest BCUT2D eigenvalue weighted by molar-refractivity contribution is 0.451. The molecule has 0 atom stereocenters. The van der Waals surface area contributed by atoms with E-state index in [9.17, 15) is 0 Å². The molecule has 0 aliphatic rings. The Balaban J connectivity index is 1.92. The molecule has 4 nitrogen and oxygen atoms in total. The second-order valence-corrected chi connectivity index (χ2v) is 3.59. The van der Waals surface area contributed by atoms with Crippen LogP contribution in [0.15, 0.2) is 38.6 Å². The van der Waals surface area contributed by atoms with Crippen LogP contribution in [-0.2, 0) is 12.3 Å². The highest BCUT2D eigenvalue weighted by atomic mass is 32.2. The number of oxazole rings is 1. The average Bonchev–Trinajstić information content (AvgIpc) is 2.86. The summed E-state index contributed by atoms with van der Waals surface area (Å²) in [4.78, 5) is 3.99. The Kier molecular flexibility index (Phi) is 2.90. The minimum atomic E-state index is 0.434. The summed E-state index contributed by atoms with van der Waals surface area (Å²) in [6.45, 7) is 0.434. The van der Waals surface area contributed by atoms with Gasteiger partial charge in [0.05, 0.1) is 18.5 Å².